The largest absolute Gasteiger partial charge is 0.494 e. The molecule has 1 aromatic heterocycles. The summed E-state index contributed by atoms with van der Waals surface area (Å²) in [5.74, 6) is -2.25. The van der Waals surface area contributed by atoms with Crippen LogP contribution in [0, 0.1) is 11.6 Å². The molecule has 0 aliphatic heterocycles. The van der Waals surface area contributed by atoms with Gasteiger partial charge in [0.15, 0.2) is 11.6 Å². The lowest BCUT2D eigenvalue weighted by molar-refractivity contribution is 0.372. The molecule has 2 N–H and O–H groups in total. The highest BCUT2D eigenvalue weighted by Gasteiger charge is 2.17. The Morgan fingerprint density at radius 1 is 1.31 bits per heavy atom. The van der Waals surface area contributed by atoms with Gasteiger partial charge in [-0.15, -0.1) is 0 Å². The molecular formula is C10H8F2N2O2. The molecule has 0 aliphatic carbocycles. The quantitative estimate of drug-likeness (QED) is 0.852. The third-order valence-electron chi connectivity index (χ3n) is 2.07. The maximum absolute atomic E-state index is 13.6. The van der Waals surface area contributed by atoms with Crippen molar-refractivity contribution in [2.45, 2.75) is 0 Å². The number of rotatable bonds is 2. The van der Waals surface area contributed by atoms with Crippen molar-refractivity contribution < 1.29 is 18.0 Å². The third kappa shape index (κ3) is 1.58. The summed E-state index contributed by atoms with van der Waals surface area (Å²) in [6.07, 6.45) is 0. The molecule has 4 nitrogen and oxygen atoms in total. The molecule has 0 spiro atoms. The van der Waals surface area contributed by atoms with Crippen molar-refractivity contribution >= 4 is 5.88 Å². The fourth-order valence-corrected chi connectivity index (χ4v) is 1.30. The summed E-state index contributed by atoms with van der Waals surface area (Å²) in [5.41, 5.74) is 5.40. The highest BCUT2D eigenvalue weighted by atomic mass is 19.2. The van der Waals surface area contributed by atoms with Crippen LogP contribution in [0.2, 0.25) is 0 Å². The van der Waals surface area contributed by atoms with Gasteiger partial charge in [0.2, 0.25) is 11.7 Å². The van der Waals surface area contributed by atoms with E-state index in [0.29, 0.717) is 0 Å². The summed E-state index contributed by atoms with van der Waals surface area (Å²) < 4.78 is 36.1. The number of nitrogens with zero attached hydrogens (tertiary/aromatic N) is 1. The molecule has 0 radical (unpaired) electrons. The van der Waals surface area contributed by atoms with Crippen LogP contribution in [0.4, 0.5) is 14.7 Å². The maximum atomic E-state index is 13.6. The molecule has 1 heterocycles. The number of halogens is 2. The topological polar surface area (TPSA) is 61.3 Å². The van der Waals surface area contributed by atoms with Crippen LogP contribution in [0.5, 0.6) is 5.75 Å². The van der Waals surface area contributed by atoms with Crippen molar-refractivity contribution in [3.05, 3.63) is 29.8 Å². The van der Waals surface area contributed by atoms with E-state index < -0.39 is 11.6 Å². The van der Waals surface area contributed by atoms with Crippen LogP contribution in [0.3, 0.4) is 0 Å². The molecule has 0 saturated heterocycles. The number of nitrogen functional groups attached to an aromatic ring is 1. The lowest BCUT2D eigenvalue weighted by Gasteiger charge is -2.04. The normalized spacial score (nSPS) is 10.4. The van der Waals surface area contributed by atoms with Crippen molar-refractivity contribution in [3.63, 3.8) is 0 Å². The first-order chi connectivity index (χ1) is 7.63. The molecule has 16 heavy (non-hydrogen) atoms. The second kappa shape index (κ2) is 3.80. The van der Waals surface area contributed by atoms with Crippen LogP contribution in [-0.4, -0.2) is 12.3 Å². The number of anilines is 1. The number of ether oxygens (including phenoxy) is 1. The molecule has 0 aliphatic rings. The van der Waals surface area contributed by atoms with Crippen LogP contribution in [0.1, 0.15) is 0 Å². The SMILES string of the molecule is COc1ccc(-c2cc(N)on2)c(F)c1F. The second-order valence-electron chi connectivity index (χ2n) is 3.06. The van der Waals surface area contributed by atoms with E-state index in [1.54, 1.807) is 0 Å². The molecule has 1 aromatic carbocycles. The van der Waals surface area contributed by atoms with Crippen LogP contribution in [-0.2, 0) is 0 Å². The number of methoxy groups -OCH3 is 1. The number of benzene rings is 1. The minimum absolute atomic E-state index is 0.0289. The summed E-state index contributed by atoms with van der Waals surface area (Å²) in [6, 6.07) is 3.96. The molecular weight excluding hydrogens is 218 g/mol. The Morgan fingerprint density at radius 2 is 2.06 bits per heavy atom. The first kappa shape index (κ1) is 10.4. The standard InChI is InChI=1S/C10H8F2N2O2/c1-15-7-3-2-5(9(11)10(7)12)6-4-8(13)16-14-6/h2-4H,13H2,1H3. The van der Waals surface area contributed by atoms with Gasteiger partial charge in [-0.25, -0.2) is 4.39 Å². The van der Waals surface area contributed by atoms with Crippen molar-refractivity contribution in [2.75, 3.05) is 12.8 Å². The summed E-state index contributed by atoms with van der Waals surface area (Å²) >= 11 is 0. The number of aromatic nitrogens is 1. The summed E-state index contributed by atoms with van der Waals surface area (Å²) in [4.78, 5) is 0. The van der Waals surface area contributed by atoms with Gasteiger partial charge in [-0.2, -0.15) is 4.39 Å². The Morgan fingerprint density at radius 3 is 2.62 bits per heavy atom. The molecule has 0 saturated carbocycles. The van der Waals surface area contributed by atoms with Crippen LogP contribution in [0.25, 0.3) is 11.3 Å². The monoisotopic (exact) mass is 226 g/mol. The zero-order valence-electron chi connectivity index (χ0n) is 8.33. The highest BCUT2D eigenvalue weighted by molar-refractivity contribution is 5.63. The average molecular weight is 226 g/mol. The van der Waals surface area contributed by atoms with E-state index >= 15 is 0 Å². The van der Waals surface area contributed by atoms with E-state index in [0.717, 1.165) is 0 Å². The van der Waals surface area contributed by atoms with Crippen molar-refractivity contribution in [3.8, 4) is 17.0 Å². The summed E-state index contributed by atoms with van der Waals surface area (Å²) in [5, 5.41) is 3.50. The van der Waals surface area contributed by atoms with Gasteiger partial charge in [-0.3, -0.25) is 0 Å². The van der Waals surface area contributed by atoms with E-state index in [2.05, 4.69) is 14.4 Å². The molecule has 0 amide bonds. The maximum Gasteiger partial charge on any atom is 0.222 e. The van der Waals surface area contributed by atoms with Crippen LogP contribution < -0.4 is 10.5 Å². The first-order valence-corrected chi connectivity index (χ1v) is 4.38. The number of hydrogen-bond donors (Lipinski definition) is 1. The fourth-order valence-electron chi connectivity index (χ4n) is 1.30. The van der Waals surface area contributed by atoms with Gasteiger partial charge in [0.25, 0.3) is 0 Å². The molecule has 0 bridgehead atoms. The fraction of sp³-hybridized carbons (Fsp3) is 0.100. The van der Waals surface area contributed by atoms with Crippen LogP contribution >= 0.6 is 0 Å². The van der Waals surface area contributed by atoms with E-state index in [4.69, 9.17) is 5.73 Å². The van der Waals surface area contributed by atoms with Gasteiger partial charge in [-0.1, -0.05) is 5.16 Å². The van der Waals surface area contributed by atoms with Gasteiger partial charge >= 0.3 is 0 Å². The first-order valence-electron chi connectivity index (χ1n) is 4.38. The predicted octanol–water partition coefficient (Wildman–Crippen LogP) is 2.21. The van der Waals surface area contributed by atoms with Gasteiger partial charge in [-0.05, 0) is 12.1 Å². The van der Waals surface area contributed by atoms with E-state index in [9.17, 15) is 8.78 Å². The smallest absolute Gasteiger partial charge is 0.222 e. The van der Waals surface area contributed by atoms with E-state index in [1.807, 2.05) is 0 Å². The molecule has 0 unspecified atom stereocenters. The van der Waals surface area contributed by atoms with Gasteiger partial charge in [0.05, 0.1) is 7.11 Å². The van der Waals surface area contributed by atoms with E-state index in [-0.39, 0.29) is 22.9 Å². The zero-order chi connectivity index (χ0) is 11.7. The molecule has 0 atom stereocenters. The second-order valence-corrected chi connectivity index (χ2v) is 3.06. The number of hydrogen-bond acceptors (Lipinski definition) is 4. The molecule has 2 rings (SSSR count). The predicted molar refractivity (Wildman–Crippen MR) is 52.8 cm³/mol. The molecule has 0 fully saturated rings. The highest BCUT2D eigenvalue weighted by Crippen LogP contribution is 2.29. The van der Waals surface area contributed by atoms with Gasteiger partial charge < -0.3 is 15.0 Å². The lowest BCUT2D eigenvalue weighted by atomic mass is 10.1. The van der Waals surface area contributed by atoms with Gasteiger partial charge in [0, 0.05) is 11.6 Å². The van der Waals surface area contributed by atoms with Crippen molar-refractivity contribution in [1.29, 1.82) is 0 Å². The lowest BCUT2D eigenvalue weighted by Crippen LogP contribution is -1.94. The molecule has 6 heteroatoms. The third-order valence-corrected chi connectivity index (χ3v) is 2.07. The minimum Gasteiger partial charge on any atom is -0.494 e. The average Bonchev–Trinajstić information content (AvgIpc) is 2.69. The van der Waals surface area contributed by atoms with Crippen LogP contribution in [0.15, 0.2) is 22.7 Å². The van der Waals surface area contributed by atoms with E-state index in [1.165, 1.54) is 25.3 Å². The molecule has 84 valence electrons. The Kier molecular flexibility index (Phi) is 2.47. The molecule has 2 aromatic rings. The van der Waals surface area contributed by atoms with Gasteiger partial charge in [0.1, 0.15) is 5.69 Å². The minimum atomic E-state index is -1.07. The number of nitrogens with two attached hydrogens (primary N) is 1. The Labute approximate surface area is 89.6 Å². The van der Waals surface area contributed by atoms with Crippen molar-refractivity contribution in [1.82, 2.24) is 5.16 Å². The Bertz CT molecular complexity index is 526. The Hall–Kier alpha value is -2.11. The summed E-state index contributed by atoms with van der Waals surface area (Å²) in [6.45, 7) is 0. The zero-order valence-corrected chi connectivity index (χ0v) is 8.33. The summed E-state index contributed by atoms with van der Waals surface area (Å²) in [7, 11) is 1.26. The van der Waals surface area contributed by atoms with Crippen molar-refractivity contribution in [2.24, 2.45) is 0 Å². The Balaban J connectivity index is 2.55.